The van der Waals surface area contributed by atoms with Crippen LogP contribution in [-0.4, -0.2) is 0 Å². The molecule has 2 rings (SSSR count). The van der Waals surface area contributed by atoms with Gasteiger partial charge in [0.1, 0.15) is 0 Å². The lowest BCUT2D eigenvalue weighted by molar-refractivity contribution is 0.207. The fraction of sp³-hybridized carbons (Fsp3) is 0.733. The molecular weight excluding hydrogens is 180 g/mol. The normalized spacial score (nSPS) is 36.9. The van der Waals surface area contributed by atoms with Crippen molar-refractivity contribution in [2.24, 2.45) is 17.3 Å². The molecule has 0 amide bonds. The Morgan fingerprint density at radius 1 is 1.20 bits per heavy atom. The van der Waals surface area contributed by atoms with Crippen molar-refractivity contribution >= 4 is 0 Å². The summed E-state index contributed by atoms with van der Waals surface area (Å²) in [5.74, 6) is 1.72. The number of hydrogen-bond acceptors (Lipinski definition) is 0. The van der Waals surface area contributed by atoms with Crippen LogP contribution in [-0.2, 0) is 0 Å². The molecule has 0 aliphatic heterocycles. The molecule has 0 bridgehead atoms. The maximum absolute atomic E-state index is 4.33. The molecule has 0 saturated heterocycles. The first-order valence-corrected chi connectivity index (χ1v) is 6.43. The van der Waals surface area contributed by atoms with Gasteiger partial charge in [-0.3, -0.25) is 0 Å². The van der Waals surface area contributed by atoms with E-state index in [0.29, 0.717) is 5.41 Å². The van der Waals surface area contributed by atoms with Crippen molar-refractivity contribution in [1.82, 2.24) is 0 Å². The standard InChI is InChI=1S/C15H24/c1-11(2)14-8-7-13(4)15(10-14)9-5-6-12(15)3/h11,14H,3-10H2,1-2H3. The third-order valence-electron chi connectivity index (χ3n) is 4.81. The monoisotopic (exact) mass is 204 g/mol. The second-order valence-corrected chi connectivity index (χ2v) is 5.89. The van der Waals surface area contributed by atoms with E-state index in [2.05, 4.69) is 27.0 Å². The average molecular weight is 204 g/mol. The summed E-state index contributed by atoms with van der Waals surface area (Å²) < 4.78 is 0. The highest BCUT2D eigenvalue weighted by Gasteiger charge is 2.44. The van der Waals surface area contributed by atoms with Crippen LogP contribution in [0.15, 0.2) is 24.3 Å². The van der Waals surface area contributed by atoms with Crippen LogP contribution >= 0.6 is 0 Å². The van der Waals surface area contributed by atoms with Crippen LogP contribution in [0.25, 0.3) is 0 Å². The maximum Gasteiger partial charge on any atom is 0.0118 e. The van der Waals surface area contributed by atoms with Gasteiger partial charge < -0.3 is 0 Å². The van der Waals surface area contributed by atoms with Gasteiger partial charge in [-0.05, 0) is 50.4 Å². The largest absolute Gasteiger partial charge is 0.0990 e. The van der Waals surface area contributed by atoms with Gasteiger partial charge in [0.25, 0.3) is 0 Å². The minimum absolute atomic E-state index is 0.354. The van der Waals surface area contributed by atoms with Crippen molar-refractivity contribution in [3.05, 3.63) is 24.3 Å². The van der Waals surface area contributed by atoms with Gasteiger partial charge in [0.2, 0.25) is 0 Å². The topological polar surface area (TPSA) is 0 Å². The third kappa shape index (κ3) is 1.68. The minimum atomic E-state index is 0.354. The Hall–Kier alpha value is -0.520. The maximum atomic E-state index is 4.33. The molecule has 0 N–H and O–H groups in total. The van der Waals surface area contributed by atoms with E-state index in [0.717, 1.165) is 11.8 Å². The van der Waals surface area contributed by atoms with Gasteiger partial charge in [-0.15, -0.1) is 0 Å². The summed E-state index contributed by atoms with van der Waals surface area (Å²) in [5, 5.41) is 0. The lowest BCUT2D eigenvalue weighted by Crippen LogP contribution is -2.31. The number of rotatable bonds is 1. The van der Waals surface area contributed by atoms with Crippen LogP contribution < -0.4 is 0 Å². The molecule has 0 radical (unpaired) electrons. The van der Waals surface area contributed by atoms with E-state index in [4.69, 9.17) is 0 Å². The zero-order chi connectivity index (χ0) is 11.1. The Labute approximate surface area is 94.5 Å². The Kier molecular flexibility index (Phi) is 2.79. The first kappa shape index (κ1) is 11.0. The van der Waals surface area contributed by atoms with Gasteiger partial charge in [-0.2, -0.15) is 0 Å². The van der Waals surface area contributed by atoms with E-state index in [1.807, 2.05) is 0 Å². The van der Waals surface area contributed by atoms with Crippen LogP contribution in [0, 0.1) is 17.3 Å². The lowest BCUT2D eigenvalue weighted by Gasteiger charge is -2.42. The molecule has 1 spiro atoms. The Morgan fingerprint density at radius 3 is 2.40 bits per heavy atom. The summed E-state index contributed by atoms with van der Waals surface area (Å²) in [7, 11) is 0. The fourth-order valence-corrected chi connectivity index (χ4v) is 3.55. The highest BCUT2D eigenvalue weighted by Crippen LogP contribution is 2.56. The molecule has 0 aromatic heterocycles. The minimum Gasteiger partial charge on any atom is -0.0990 e. The molecule has 15 heavy (non-hydrogen) atoms. The molecule has 2 saturated carbocycles. The van der Waals surface area contributed by atoms with Gasteiger partial charge in [0.05, 0.1) is 0 Å². The smallest absolute Gasteiger partial charge is 0.0118 e. The highest BCUT2D eigenvalue weighted by atomic mass is 14.5. The van der Waals surface area contributed by atoms with Crippen molar-refractivity contribution in [2.45, 2.75) is 52.4 Å². The van der Waals surface area contributed by atoms with E-state index in [-0.39, 0.29) is 0 Å². The summed E-state index contributed by atoms with van der Waals surface area (Å²) in [6.45, 7) is 13.4. The van der Waals surface area contributed by atoms with Crippen LogP contribution in [0.2, 0.25) is 0 Å². The van der Waals surface area contributed by atoms with Crippen LogP contribution in [0.5, 0.6) is 0 Å². The SMILES string of the molecule is C=C1CCCC12CC(C(C)C)CCC2=C. The van der Waals surface area contributed by atoms with Crippen molar-refractivity contribution in [3.63, 3.8) is 0 Å². The summed E-state index contributed by atoms with van der Waals surface area (Å²) >= 11 is 0. The summed E-state index contributed by atoms with van der Waals surface area (Å²) in [5.41, 5.74) is 3.33. The Morgan fingerprint density at radius 2 is 1.87 bits per heavy atom. The van der Waals surface area contributed by atoms with E-state index in [9.17, 15) is 0 Å². The summed E-state index contributed by atoms with van der Waals surface area (Å²) in [6, 6.07) is 0. The van der Waals surface area contributed by atoms with E-state index < -0.39 is 0 Å². The molecule has 0 heterocycles. The van der Waals surface area contributed by atoms with Gasteiger partial charge in [0.15, 0.2) is 0 Å². The van der Waals surface area contributed by atoms with Crippen LogP contribution in [0.3, 0.4) is 0 Å². The fourth-order valence-electron chi connectivity index (χ4n) is 3.55. The number of allylic oxidation sites excluding steroid dienone is 2. The zero-order valence-electron chi connectivity index (χ0n) is 10.3. The van der Waals surface area contributed by atoms with Crippen molar-refractivity contribution < 1.29 is 0 Å². The Bertz CT molecular complexity index is 284. The van der Waals surface area contributed by atoms with Crippen molar-refractivity contribution in [3.8, 4) is 0 Å². The van der Waals surface area contributed by atoms with Gasteiger partial charge >= 0.3 is 0 Å². The molecule has 2 unspecified atom stereocenters. The van der Waals surface area contributed by atoms with E-state index in [1.165, 1.54) is 49.7 Å². The molecule has 84 valence electrons. The lowest BCUT2D eigenvalue weighted by atomic mass is 9.62. The third-order valence-corrected chi connectivity index (χ3v) is 4.81. The Balaban J connectivity index is 2.22. The first-order chi connectivity index (χ1) is 7.06. The van der Waals surface area contributed by atoms with Crippen LogP contribution in [0.1, 0.15) is 52.4 Å². The molecule has 0 aromatic rings. The second-order valence-electron chi connectivity index (χ2n) is 5.89. The predicted molar refractivity (Wildman–Crippen MR) is 66.7 cm³/mol. The molecule has 0 heteroatoms. The zero-order valence-corrected chi connectivity index (χ0v) is 10.3. The van der Waals surface area contributed by atoms with Crippen molar-refractivity contribution in [1.29, 1.82) is 0 Å². The summed E-state index contributed by atoms with van der Waals surface area (Å²) in [6.07, 6.45) is 7.83. The van der Waals surface area contributed by atoms with Crippen molar-refractivity contribution in [2.75, 3.05) is 0 Å². The molecule has 0 nitrogen and oxygen atoms in total. The quantitative estimate of drug-likeness (QED) is 0.542. The van der Waals surface area contributed by atoms with E-state index >= 15 is 0 Å². The highest BCUT2D eigenvalue weighted by molar-refractivity contribution is 5.31. The summed E-state index contributed by atoms with van der Waals surface area (Å²) in [4.78, 5) is 0. The second kappa shape index (κ2) is 3.81. The first-order valence-electron chi connectivity index (χ1n) is 6.43. The van der Waals surface area contributed by atoms with Gasteiger partial charge in [-0.25, -0.2) is 0 Å². The molecule has 2 atom stereocenters. The number of hydrogen-bond donors (Lipinski definition) is 0. The predicted octanol–water partition coefficient (Wildman–Crippen LogP) is 4.73. The molecule has 0 aromatic carbocycles. The van der Waals surface area contributed by atoms with Gasteiger partial charge in [0, 0.05) is 5.41 Å². The molecule has 2 fully saturated rings. The molecule has 2 aliphatic rings. The van der Waals surface area contributed by atoms with E-state index in [1.54, 1.807) is 0 Å². The molecule has 2 aliphatic carbocycles. The van der Waals surface area contributed by atoms with Gasteiger partial charge in [-0.1, -0.05) is 38.2 Å². The van der Waals surface area contributed by atoms with Crippen LogP contribution in [0.4, 0.5) is 0 Å². The molecular formula is C15H24. The average Bonchev–Trinajstić information content (AvgIpc) is 2.54.